The minimum atomic E-state index is -2.47. The van der Waals surface area contributed by atoms with Crippen LogP contribution in [0.2, 0.25) is 0 Å². The van der Waals surface area contributed by atoms with Crippen LogP contribution in [0, 0.1) is 6.92 Å². The van der Waals surface area contributed by atoms with Crippen LogP contribution in [0.25, 0.3) is 0 Å². The molecule has 2 heterocycles. The summed E-state index contributed by atoms with van der Waals surface area (Å²) in [6.45, 7) is 1.26. The molecule has 2 N–H and O–H groups in total. The van der Waals surface area contributed by atoms with Crippen molar-refractivity contribution in [2.45, 2.75) is 38.2 Å². The van der Waals surface area contributed by atoms with Crippen LogP contribution in [0.4, 0.5) is 0 Å². The average Bonchev–Trinajstić information content (AvgIpc) is 3.17. The van der Waals surface area contributed by atoms with Gasteiger partial charge in [-0.3, -0.25) is 14.3 Å². The quantitative estimate of drug-likeness (QED) is 0.301. The highest BCUT2D eigenvalue weighted by Crippen LogP contribution is 2.33. The van der Waals surface area contributed by atoms with Crippen molar-refractivity contribution >= 4 is 14.2 Å². The molecule has 1 saturated heterocycles. The number of H-pyrrole nitrogens is 1. The van der Waals surface area contributed by atoms with Crippen LogP contribution in [0.15, 0.2) is 46.1 Å². The first-order valence-electron chi connectivity index (χ1n) is 9.96. The Kier molecular flexibility index (Phi) is 8.43. The predicted octanol–water partition coefficient (Wildman–Crippen LogP) is 1.43. The molecule has 1 aromatic carbocycles. The number of nitrogens with zero attached hydrogens (tertiary/aromatic N) is 1. The second kappa shape index (κ2) is 11.3. The van der Waals surface area contributed by atoms with E-state index < -0.39 is 43.9 Å². The number of aryl methyl sites for hydroxylation is 1. The maximum atomic E-state index is 12.5. The first kappa shape index (κ1) is 24.0. The van der Waals surface area contributed by atoms with Crippen LogP contribution in [-0.4, -0.2) is 52.7 Å². The zero-order chi connectivity index (χ0) is 23.1. The maximum Gasteiger partial charge on any atom is 0.697 e. The summed E-state index contributed by atoms with van der Waals surface area (Å²) >= 11 is 0. The lowest BCUT2D eigenvalue weighted by atomic mass is 10.1. The molecule has 32 heavy (non-hydrogen) atoms. The Balaban J connectivity index is 1.74. The fourth-order valence-corrected chi connectivity index (χ4v) is 3.72. The van der Waals surface area contributed by atoms with Gasteiger partial charge in [-0.15, -0.1) is 9.05 Å². The summed E-state index contributed by atoms with van der Waals surface area (Å²) in [7, 11) is -2.47. The van der Waals surface area contributed by atoms with Gasteiger partial charge in [0.05, 0.1) is 5.56 Å². The van der Waals surface area contributed by atoms with E-state index in [1.54, 1.807) is 37.3 Å². The van der Waals surface area contributed by atoms with Gasteiger partial charge in [-0.25, -0.2) is 9.59 Å². The number of carbonyl (C=O) groups excluding carboxylic acids is 1. The summed E-state index contributed by atoms with van der Waals surface area (Å²) in [4.78, 5) is 38.6. The summed E-state index contributed by atoms with van der Waals surface area (Å²) in [5.74, 6) is -0.585. The molecular formula is C20H24N2O9P+. The van der Waals surface area contributed by atoms with Crippen molar-refractivity contribution in [3.05, 3.63) is 68.5 Å². The van der Waals surface area contributed by atoms with Crippen LogP contribution in [-0.2, 0) is 23.1 Å². The number of rotatable bonds is 10. The smallest absolute Gasteiger partial charge is 0.456 e. The van der Waals surface area contributed by atoms with Gasteiger partial charge in [0.2, 0.25) is 0 Å². The zero-order valence-corrected chi connectivity index (χ0v) is 18.2. The predicted molar refractivity (Wildman–Crippen MR) is 111 cm³/mol. The van der Waals surface area contributed by atoms with Crippen molar-refractivity contribution in [2.75, 3.05) is 19.8 Å². The Labute approximate surface area is 183 Å². The second-order valence-electron chi connectivity index (χ2n) is 7.08. The number of carbonyl (C=O) groups is 1. The molecule has 12 heteroatoms. The fourth-order valence-electron chi connectivity index (χ4n) is 3.10. The third-order valence-corrected chi connectivity index (χ3v) is 5.50. The number of nitrogens with one attached hydrogen (secondary N) is 1. The van der Waals surface area contributed by atoms with Gasteiger partial charge in [-0.2, -0.15) is 0 Å². The first-order valence-corrected chi connectivity index (χ1v) is 11.1. The highest BCUT2D eigenvalue weighted by atomic mass is 31.1. The SMILES string of the molecule is Cc1cn([C@H]2C[C@H](OC(=O)c3ccccc3)[C@@H](CO[P+](=O)OCCCO)O2)c(=O)[nH]c1=O. The Hall–Kier alpha value is -2.69. The molecular weight excluding hydrogens is 443 g/mol. The average molecular weight is 467 g/mol. The minimum Gasteiger partial charge on any atom is -0.456 e. The van der Waals surface area contributed by atoms with E-state index in [4.69, 9.17) is 23.6 Å². The molecule has 172 valence electrons. The monoisotopic (exact) mass is 467 g/mol. The first-order chi connectivity index (χ1) is 15.4. The normalized spacial score (nSPS) is 20.8. The number of aromatic nitrogens is 2. The molecule has 1 aromatic heterocycles. The third-order valence-electron chi connectivity index (χ3n) is 4.75. The number of aromatic amines is 1. The van der Waals surface area contributed by atoms with Crippen molar-refractivity contribution in [3.63, 3.8) is 0 Å². The van der Waals surface area contributed by atoms with Gasteiger partial charge in [0.15, 0.2) is 0 Å². The van der Waals surface area contributed by atoms with Crippen molar-refractivity contribution in [3.8, 4) is 0 Å². The van der Waals surface area contributed by atoms with Crippen LogP contribution >= 0.6 is 8.25 Å². The van der Waals surface area contributed by atoms with Gasteiger partial charge in [0.1, 0.15) is 31.6 Å². The number of hydrogen-bond acceptors (Lipinski definition) is 9. The number of benzene rings is 1. The topological polar surface area (TPSA) is 146 Å². The van der Waals surface area contributed by atoms with Gasteiger partial charge >= 0.3 is 19.9 Å². The van der Waals surface area contributed by atoms with E-state index in [0.717, 1.165) is 0 Å². The number of aliphatic hydroxyl groups is 1. The largest absolute Gasteiger partial charge is 0.697 e. The van der Waals surface area contributed by atoms with Gasteiger partial charge in [0.25, 0.3) is 5.56 Å². The minimum absolute atomic E-state index is 0.0539. The Bertz CT molecular complexity index is 1050. The van der Waals surface area contributed by atoms with Crippen LogP contribution < -0.4 is 11.2 Å². The summed E-state index contributed by atoms with van der Waals surface area (Å²) in [5.41, 5.74) is -0.524. The summed E-state index contributed by atoms with van der Waals surface area (Å²) in [6.07, 6.45) is -0.713. The third kappa shape index (κ3) is 6.18. The molecule has 0 radical (unpaired) electrons. The Morgan fingerprint density at radius 2 is 2.03 bits per heavy atom. The number of esters is 1. The van der Waals surface area contributed by atoms with Crippen LogP contribution in [0.3, 0.4) is 0 Å². The standard InChI is InChI=1S/C20H23N2O9P/c1-13-11-22(20(26)21-18(13)24)17-10-15(31-19(25)14-6-3-2-4-7-14)16(30-17)12-29-32(27)28-9-5-8-23/h2-4,6-7,11,15-17,23H,5,8-10,12H2,1H3/p+1/t15-,16+,17+/m0/s1. The van der Waals surface area contributed by atoms with Crippen LogP contribution in [0.5, 0.6) is 0 Å². The summed E-state index contributed by atoms with van der Waals surface area (Å²) in [5, 5.41) is 8.76. The van der Waals surface area contributed by atoms with E-state index in [9.17, 15) is 18.9 Å². The molecule has 11 nitrogen and oxygen atoms in total. The summed E-state index contributed by atoms with van der Waals surface area (Å²) in [6, 6.07) is 8.36. The van der Waals surface area contributed by atoms with Crippen molar-refractivity contribution in [2.24, 2.45) is 0 Å². The van der Waals surface area contributed by atoms with Gasteiger partial charge < -0.3 is 14.6 Å². The molecule has 0 spiro atoms. The van der Waals surface area contributed by atoms with Gasteiger partial charge in [0, 0.05) is 29.4 Å². The number of aliphatic hydroxyl groups excluding tert-OH is 1. The highest BCUT2D eigenvalue weighted by molar-refractivity contribution is 7.33. The molecule has 0 bridgehead atoms. The molecule has 1 aliphatic rings. The van der Waals surface area contributed by atoms with E-state index in [0.29, 0.717) is 17.5 Å². The molecule has 0 aliphatic carbocycles. The molecule has 1 unspecified atom stereocenters. The van der Waals surface area contributed by atoms with Crippen molar-refractivity contribution in [1.29, 1.82) is 0 Å². The zero-order valence-electron chi connectivity index (χ0n) is 17.3. The lowest BCUT2D eigenvalue weighted by Crippen LogP contribution is -2.33. The highest BCUT2D eigenvalue weighted by Gasteiger charge is 2.41. The van der Waals surface area contributed by atoms with E-state index >= 15 is 0 Å². The Morgan fingerprint density at radius 1 is 1.28 bits per heavy atom. The maximum absolute atomic E-state index is 12.5. The van der Waals surface area contributed by atoms with E-state index in [1.165, 1.54) is 10.8 Å². The molecule has 1 aliphatic heterocycles. The second-order valence-corrected chi connectivity index (χ2v) is 8.05. The fraction of sp³-hybridized carbons (Fsp3) is 0.450. The molecule has 1 fully saturated rings. The molecule has 4 atom stereocenters. The summed E-state index contributed by atoms with van der Waals surface area (Å²) < 4.78 is 34.7. The van der Waals surface area contributed by atoms with E-state index in [1.807, 2.05) is 0 Å². The molecule has 3 rings (SSSR count). The molecule has 2 aromatic rings. The molecule has 0 saturated carbocycles. The van der Waals surface area contributed by atoms with Crippen LogP contribution in [0.1, 0.15) is 35.0 Å². The van der Waals surface area contributed by atoms with E-state index in [2.05, 4.69) is 4.98 Å². The lowest BCUT2D eigenvalue weighted by molar-refractivity contribution is -0.0486. The van der Waals surface area contributed by atoms with Crippen molar-refractivity contribution in [1.82, 2.24) is 9.55 Å². The Morgan fingerprint density at radius 3 is 2.75 bits per heavy atom. The van der Waals surface area contributed by atoms with Gasteiger partial charge in [-0.05, 0) is 25.5 Å². The van der Waals surface area contributed by atoms with Crippen molar-refractivity contribution < 1.29 is 33.0 Å². The number of hydrogen-bond donors (Lipinski definition) is 2. The lowest BCUT2D eigenvalue weighted by Gasteiger charge is -2.16. The van der Waals surface area contributed by atoms with E-state index in [-0.39, 0.29) is 26.2 Å². The van der Waals surface area contributed by atoms with Gasteiger partial charge in [-0.1, -0.05) is 18.2 Å². The number of ether oxygens (including phenoxy) is 2. The molecule has 0 amide bonds.